The number of amides is 1. The third-order valence-corrected chi connectivity index (χ3v) is 3.28. The molecule has 0 aliphatic rings. The predicted molar refractivity (Wildman–Crippen MR) is 95.3 cm³/mol. The van der Waals surface area contributed by atoms with Crippen LogP contribution in [0.15, 0.2) is 43.0 Å². The molecule has 1 atom stereocenters. The number of hydrogen-bond acceptors (Lipinski definition) is 6. The van der Waals surface area contributed by atoms with Crippen molar-refractivity contribution in [2.24, 2.45) is 0 Å². The number of carbonyl (C=O) groups excluding carboxylic acids is 3. The number of hydrogen-bond donors (Lipinski definition) is 1. The highest BCUT2D eigenvalue weighted by Gasteiger charge is 2.46. The molecule has 1 unspecified atom stereocenters. The molecule has 26 heavy (non-hydrogen) atoms. The van der Waals surface area contributed by atoms with Crippen molar-refractivity contribution in [3.8, 4) is 0 Å². The highest BCUT2D eigenvalue weighted by atomic mass is 16.6. The van der Waals surface area contributed by atoms with Gasteiger partial charge in [0.15, 0.2) is 5.54 Å². The molecule has 0 bridgehead atoms. The van der Waals surface area contributed by atoms with Gasteiger partial charge in [0.2, 0.25) is 0 Å². The molecule has 0 aliphatic heterocycles. The van der Waals surface area contributed by atoms with E-state index in [2.05, 4.69) is 11.9 Å². The van der Waals surface area contributed by atoms with E-state index in [0.717, 1.165) is 0 Å². The van der Waals surface area contributed by atoms with Crippen LogP contribution in [0.2, 0.25) is 0 Å². The summed E-state index contributed by atoms with van der Waals surface area (Å²) < 4.78 is 15.1. The molecule has 0 radical (unpaired) electrons. The van der Waals surface area contributed by atoms with Gasteiger partial charge in [0.25, 0.3) is 0 Å². The van der Waals surface area contributed by atoms with Crippen LogP contribution < -0.4 is 5.32 Å². The van der Waals surface area contributed by atoms with Crippen molar-refractivity contribution in [2.75, 3.05) is 13.7 Å². The second-order valence-corrected chi connectivity index (χ2v) is 6.54. The van der Waals surface area contributed by atoms with Crippen LogP contribution in [0.25, 0.3) is 0 Å². The van der Waals surface area contributed by atoms with Gasteiger partial charge in [-0.05, 0) is 26.3 Å². The topological polar surface area (TPSA) is 90.9 Å². The zero-order chi connectivity index (χ0) is 19.8. The van der Waals surface area contributed by atoms with E-state index in [1.54, 1.807) is 51.1 Å². The lowest BCUT2D eigenvalue weighted by Crippen LogP contribution is -2.54. The van der Waals surface area contributed by atoms with E-state index < -0.39 is 35.6 Å². The van der Waals surface area contributed by atoms with Gasteiger partial charge in [-0.3, -0.25) is 4.79 Å². The van der Waals surface area contributed by atoms with Crippen LogP contribution in [0.3, 0.4) is 0 Å². The highest BCUT2D eigenvalue weighted by molar-refractivity contribution is 5.91. The lowest BCUT2D eigenvalue weighted by atomic mass is 9.86. The van der Waals surface area contributed by atoms with Gasteiger partial charge >= 0.3 is 18.0 Å². The largest absolute Gasteiger partial charge is 0.467 e. The van der Waals surface area contributed by atoms with Crippen LogP contribution >= 0.6 is 0 Å². The van der Waals surface area contributed by atoms with Crippen molar-refractivity contribution in [3.05, 3.63) is 48.6 Å². The van der Waals surface area contributed by atoms with E-state index in [9.17, 15) is 14.4 Å². The number of esters is 2. The Labute approximate surface area is 153 Å². The lowest BCUT2D eigenvalue weighted by Gasteiger charge is -2.32. The first-order chi connectivity index (χ1) is 12.1. The molecule has 1 amide bonds. The van der Waals surface area contributed by atoms with Gasteiger partial charge in [-0.2, -0.15) is 0 Å². The Morgan fingerprint density at radius 3 is 2.27 bits per heavy atom. The molecule has 0 saturated carbocycles. The van der Waals surface area contributed by atoms with E-state index in [-0.39, 0.29) is 6.61 Å². The van der Waals surface area contributed by atoms with Gasteiger partial charge in [0.1, 0.15) is 12.2 Å². The maximum atomic E-state index is 12.6. The molecular weight excluding hydrogens is 338 g/mol. The van der Waals surface area contributed by atoms with E-state index >= 15 is 0 Å². The zero-order valence-electron chi connectivity index (χ0n) is 15.5. The third kappa shape index (κ3) is 5.91. The van der Waals surface area contributed by atoms with Crippen molar-refractivity contribution in [1.29, 1.82) is 0 Å². The van der Waals surface area contributed by atoms with Crippen LogP contribution in [-0.2, 0) is 29.3 Å². The Morgan fingerprint density at radius 2 is 1.77 bits per heavy atom. The number of alkyl carbamates (subject to hydrolysis) is 1. The summed E-state index contributed by atoms with van der Waals surface area (Å²) in [6.45, 7) is 8.53. The molecule has 142 valence electrons. The number of nitrogens with one attached hydrogen (secondary N) is 1. The molecule has 1 rings (SSSR count). The maximum Gasteiger partial charge on any atom is 0.408 e. The number of benzene rings is 1. The third-order valence-electron chi connectivity index (χ3n) is 3.28. The Balaban J connectivity index is 3.30. The maximum absolute atomic E-state index is 12.6. The molecule has 1 aromatic carbocycles. The Morgan fingerprint density at radius 1 is 1.15 bits per heavy atom. The highest BCUT2D eigenvalue weighted by Crippen LogP contribution is 2.29. The van der Waals surface area contributed by atoms with Crippen molar-refractivity contribution in [3.63, 3.8) is 0 Å². The molecule has 1 aromatic rings. The standard InChI is InChI=1S/C19H25NO6/c1-6-12-25-17(23)20-19(16(22)24-5,14-10-8-7-9-11-14)13-15(21)26-18(2,3)4/h6-11H,1,12-13H2,2-5H3,(H,20,23). The molecule has 7 nitrogen and oxygen atoms in total. The minimum atomic E-state index is -1.78. The molecule has 0 saturated heterocycles. The predicted octanol–water partition coefficient (Wildman–Crippen LogP) is 2.70. The SMILES string of the molecule is C=CCOC(=O)NC(CC(=O)OC(C)(C)C)(C(=O)OC)c1ccccc1. The summed E-state index contributed by atoms with van der Waals surface area (Å²) in [7, 11) is 1.17. The fraction of sp³-hybridized carbons (Fsp3) is 0.421. The first kappa shape index (κ1) is 21.2. The summed E-state index contributed by atoms with van der Waals surface area (Å²) in [6.07, 6.45) is 0.0441. The van der Waals surface area contributed by atoms with Crippen molar-refractivity contribution in [1.82, 2.24) is 5.32 Å². The number of methoxy groups -OCH3 is 1. The second-order valence-electron chi connectivity index (χ2n) is 6.54. The average molecular weight is 363 g/mol. The van der Waals surface area contributed by atoms with Gasteiger partial charge < -0.3 is 19.5 Å². The smallest absolute Gasteiger partial charge is 0.408 e. The number of ether oxygens (including phenoxy) is 3. The zero-order valence-corrected chi connectivity index (χ0v) is 15.5. The van der Waals surface area contributed by atoms with Gasteiger partial charge in [0, 0.05) is 0 Å². The first-order valence-electron chi connectivity index (χ1n) is 8.06. The molecule has 0 aromatic heterocycles. The average Bonchev–Trinajstić information content (AvgIpc) is 2.57. The monoisotopic (exact) mass is 363 g/mol. The van der Waals surface area contributed by atoms with Crippen LogP contribution in [0.5, 0.6) is 0 Å². The van der Waals surface area contributed by atoms with Crippen molar-refractivity contribution >= 4 is 18.0 Å². The Bertz CT molecular complexity index is 650. The van der Waals surface area contributed by atoms with Gasteiger partial charge in [-0.25, -0.2) is 9.59 Å². The quantitative estimate of drug-likeness (QED) is 0.455. The van der Waals surface area contributed by atoms with Crippen molar-refractivity contribution < 1.29 is 28.6 Å². The normalized spacial score (nSPS) is 13.1. The minimum absolute atomic E-state index is 0.0513. The minimum Gasteiger partial charge on any atom is -0.467 e. The summed E-state index contributed by atoms with van der Waals surface area (Å²) in [6, 6.07) is 8.32. The van der Waals surface area contributed by atoms with Gasteiger partial charge in [-0.15, -0.1) is 0 Å². The van der Waals surface area contributed by atoms with Crippen LogP contribution in [0, 0.1) is 0 Å². The lowest BCUT2D eigenvalue weighted by molar-refractivity contribution is -0.163. The first-order valence-corrected chi connectivity index (χ1v) is 8.06. The van der Waals surface area contributed by atoms with E-state index in [1.807, 2.05) is 0 Å². The molecule has 0 aliphatic carbocycles. The summed E-state index contributed by atoms with van der Waals surface area (Å²) in [5.74, 6) is -1.49. The number of carbonyl (C=O) groups is 3. The fourth-order valence-corrected chi connectivity index (χ4v) is 2.30. The second kappa shape index (κ2) is 9.03. The Hall–Kier alpha value is -2.83. The molecule has 1 N–H and O–H groups in total. The molecule has 7 heteroatoms. The van der Waals surface area contributed by atoms with Crippen LogP contribution in [0.1, 0.15) is 32.8 Å². The van der Waals surface area contributed by atoms with Gasteiger partial charge in [-0.1, -0.05) is 43.0 Å². The van der Waals surface area contributed by atoms with E-state index in [1.165, 1.54) is 13.2 Å². The molecule has 0 fully saturated rings. The molecule has 0 spiro atoms. The summed E-state index contributed by atoms with van der Waals surface area (Å²) in [5.41, 5.74) is -2.16. The Kier molecular flexibility index (Phi) is 7.37. The van der Waals surface area contributed by atoms with Gasteiger partial charge in [0.05, 0.1) is 13.5 Å². The van der Waals surface area contributed by atoms with Crippen LogP contribution in [-0.4, -0.2) is 37.3 Å². The van der Waals surface area contributed by atoms with E-state index in [0.29, 0.717) is 5.56 Å². The molecular formula is C19H25NO6. The fourth-order valence-electron chi connectivity index (χ4n) is 2.30. The molecule has 0 heterocycles. The summed E-state index contributed by atoms with van der Waals surface area (Å²) in [4.78, 5) is 37.2. The van der Waals surface area contributed by atoms with Crippen LogP contribution in [0.4, 0.5) is 4.79 Å². The summed E-state index contributed by atoms with van der Waals surface area (Å²) >= 11 is 0. The van der Waals surface area contributed by atoms with E-state index in [4.69, 9.17) is 14.2 Å². The number of rotatable bonds is 7. The summed E-state index contributed by atoms with van der Waals surface area (Å²) in [5, 5.41) is 2.46. The van der Waals surface area contributed by atoms with Crippen molar-refractivity contribution in [2.45, 2.75) is 38.3 Å².